The molecule has 29 heavy (non-hydrogen) atoms. The molecule has 0 spiro atoms. The van der Waals surface area contributed by atoms with E-state index in [0.717, 1.165) is 23.5 Å². The first-order chi connectivity index (χ1) is 13.9. The van der Waals surface area contributed by atoms with Crippen LogP contribution in [0.1, 0.15) is 37.5 Å². The quantitative estimate of drug-likeness (QED) is 0.365. The molecule has 0 unspecified atom stereocenters. The number of hydrogen-bond acceptors (Lipinski definition) is 2. The summed E-state index contributed by atoms with van der Waals surface area (Å²) in [6, 6.07) is 26.7. The van der Waals surface area contributed by atoms with Crippen molar-refractivity contribution in [3.05, 3.63) is 108 Å². The highest BCUT2D eigenvalue weighted by atomic mass is 16.5. The van der Waals surface area contributed by atoms with E-state index in [-0.39, 0.29) is 5.41 Å². The van der Waals surface area contributed by atoms with Crippen LogP contribution < -0.4 is 4.74 Å². The van der Waals surface area contributed by atoms with Gasteiger partial charge in [-0.2, -0.15) is 0 Å². The van der Waals surface area contributed by atoms with Gasteiger partial charge in [-0.05, 0) is 54.3 Å². The van der Waals surface area contributed by atoms with Gasteiger partial charge in [-0.3, -0.25) is 0 Å². The zero-order chi connectivity index (χ0) is 20.7. The fraction of sp³-hybridized carbons (Fsp3) is 0.259. The highest BCUT2D eigenvalue weighted by Gasteiger charge is 2.21. The van der Waals surface area contributed by atoms with Crippen molar-refractivity contribution in [3.63, 3.8) is 0 Å². The molecule has 0 aromatic heterocycles. The van der Waals surface area contributed by atoms with E-state index in [1.807, 2.05) is 48.5 Å². The summed E-state index contributed by atoms with van der Waals surface area (Å²) >= 11 is 0. The van der Waals surface area contributed by atoms with Gasteiger partial charge in [-0.1, -0.05) is 80.6 Å². The van der Waals surface area contributed by atoms with E-state index in [4.69, 9.17) is 9.47 Å². The van der Waals surface area contributed by atoms with Crippen LogP contribution in [0.4, 0.5) is 0 Å². The zero-order valence-electron chi connectivity index (χ0n) is 17.7. The van der Waals surface area contributed by atoms with Gasteiger partial charge in [0.05, 0.1) is 13.2 Å². The predicted octanol–water partition coefficient (Wildman–Crippen LogP) is 7.09. The molecular weight excluding hydrogens is 356 g/mol. The van der Waals surface area contributed by atoms with E-state index in [9.17, 15) is 0 Å². The molecule has 0 N–H and O–H groups in total. The Hall–Kier alpha value is -2.84. The molecule has 0 bridgehead atoms. The largest absolute Gasteiger partial charge is 0.457 e. The lowest BCUT2D eigenvalue weighted by atomic mass is 9.85. The molecule has 0 amide bonds. The first-order valence-corrected chi connectivity index (χ1v) is 10.1. The second-order valence-electron chi connectivity index (χ2n) is 8.27. The Morgan fingerprint density at radius 2 is 1.52 bits per heavy atom. The highest BCUT2D eigenvalue weighted by Crippen LogP contribution is 2.26. The molecule has 0 aliphatic carbocycles. The molecule has 0 fully saturated rings. The van der Waals surface area contributed by atoms with Crippen molar-refractivity contribution in [3.8, 4) is 11.5 Å². The zero-order valence-corrected chi connectivity index (χ0v) is 17.7. The summed E-state index contributed by atoms with van der Waals surface area (Å²) in [5.74, 6) is 1.66. The molecule has 0 saturated heterocycles. The summed E-state index contributed by atoms with van der Waals surface area (Å²) in [6.45, 7) is 11.7. The number of ether oxygens (including phenoxy) is 2. The summed E-state index contributed by atoms with van der Waals surface area (Å²) < 4.78 is 12.0. The minimum atomic E-state index is -0.0557. The van der Waals surface area contributed by atoms with Crippen molar-refractivity contribution in [2.75, 3.05) is 6.61 Å². The van der Waals surface area contributed by atoms with Crippen molar-refractivity contribution in [2.24, 2.45) is 0 Å². The molecule has 150 valence electrons. The second kappa shape index (κ2) is 9.58. The molecule has 0 heterocycles. The summed E-state index contributed by atoms with van der Waals surface area (Å²) in [6.07, 6.45) is 0.929. The number of para-hydroxylation sites is 1. The van der Waals surface area contributed by atoms with Crippen molar-refractivity contribution >= 4 is 0 Å². The number of rotatable bonds is 9. The summed E-state index contributed by atoms with van der Waals surface area (Å²) in [4.78, 5) is 0. The van der Waals surface area contributed by atoms with Gasteiger partial charge in [0.25, 0.3) is 0 Å². The fourth-order valence-electron chi connectivity index (χ4n) is 3.25. The molecule has 3 aromatic rings. The second-order valence-corrected chi connectivity index (χ2v) is 8.27. The van der Waals surface area contributed by atoms with Crippen LogP contribution in [0.2, 0.25) is 0 Å². The van der Waals surface area contributed by atoms with E-state index in [1.54, 1.807) is 0 Å². The first-order valence-electron chi connectivity index (χ1n) is 10.1. The lowest BCUT2D eigenvalue weighted by Crippen LogP contribution is -2.24. The molecule has 3 rings (SSSR count). The van der Waals surface area contributed by atoms with E-state index in [2.05, 4.69) is 57.7 Å². The van der Waals surface area contributed by atoms with Crippen LogP contribution in [0.25, 0.3) is 0 Å². The van der Waals surface area contributed by atoms with Gasteiger partial charge in [0.15, 0.2) is 0 Å². The van der Waals surface area contributed by atoms with E-state index in [0.29, 0.717) is 13.2 Å². The SMILES string of the molecule is C=C(C)Cc1ccc(C(C)(C)COCc2cccc(Oc3ccccc3)c2)cc1. The molecule has 0 atom stereocenters. The van der Waals surface area contributed by atoms with Crippen molar-refractivity contribution in [1.82, 2.24) is 0 Å². The number of hydrogen-bond donors (Lipinski definition) is 0. The topological polar surface area (TPSA) is 18.5 Å². The van der Waals surface area contributed by atoms with Gasteiger partial charge in [-0.15, -0.1) is 0 Å². The third-order valence-electron chi connectivity index (χ3n) is 4.85. The van der Waals surface area contributed by atoms with Gasteiger partial charge >= 0.3 is 0 Å². The lowest BCUT2D eigenvalue weighted by molar-refractivity contribution is 0.0824. The van der Waals surface area contributed by atoms with Crippen LogP contribution in [0.3, 0.4) is 0 Å². The van der Waals surface area contributed by atoms with Crippen molar-refractivity contribution in [1.29, 1.82) is 0 Å². The van der Waals surface area contributed by atoms with Crippen molar-refractivity contribution in [2.45, 2.75) is 39.2 Å². The lowest BCUT2D eigenvalue weighted by Gasteiger charge is -2.25. The predicted molar refractivity (Wildman–Crippen MR) is 121 cm³/mol. The summed E-state index contributed by atoms with van der Waals surface area (Å²) in [5.41, 5.74) is 4.81. The van der Waals surface area contributed by atoms with Crippen LogP contribution in [-0.2, 0) is 23.2 Å². The molecular formula is C27H30O2. The van der Waals surface area contributed by atoms with Gasteiger partial charge in [-0.25, -0.2) is 0 Å². The third kappa shape index (κ3) is 6.33. The summed E-state index contributed by atoms with van der Waals surface area (Å²) in [7, 11) is 0. The van der Waals surface area contributed by atoms with Gasteiger partial charge in [0.2, 0.25) is 0 Å². The minimum Gasteiger partial charge on any atom is -0.457 e. The Balaban J connectivity index is 1.56. The molecule has 0 saturated carbocycles. The molecule has 2 heteroatoms. The number of benzene rings is 3. The minimum absolute atomic E-state index is 0.0557. The average molecular weight is 387 g/mol. The average Bonchev–Trinajstić information content (AvgIpc) is 2.69. The maximum absolute atomic E-state index is 6.07. The highest BCUT2D eigenvalue weighted by molar-refractivity contribution is 5.34. The Morgan fingerprint density at radius 1 is 0.828 bits per heavy atom. The van der Waals surface area contributed by atoms with Crippen LogP contribution in [-0.4, -0.2) is 6.61 Å². The molecule has 0 aliphatic rings. The smallest absolute Gasteiger partial charge is 0.127 e. The Bertz CT molecular complexity index is 924. The molecule has 0 aliphatic heterocycles. The first kappa shape index (κ1) is 20.9. The standard InChI is InChI=1S/C27H30O2/c1-21(2)17-22-13-15-24(16-14-22)27(3,4)20-28-19-23-9-8-12-26(18-23)29-25-10-6-5-7-11-25/h5-16,18H,1,17,19-20H2,2-4H3. The normalized spacial score (nSPS) is 11.3. The number of allylic oxidation sites excluding steroid dienone is 1. The van der Waals surface area contributed by atoms with Crippen LogP contribution in [0, 0.1) is 0 Å². The Morgan fingerprint density at radius 3 is 2.21 bits per heavy atom. The maximum Gasteiger partial charge on any atom is 0.127 e. The molecule has 2 nitrogen and oxygen atoms in total. The van der Waals surface area contributed by atoms with Crippen molar-refractivity contribution < 1.29 is 9.47 Å². The van der Waals surface area contributed by atoms with E-state index < -0.39 is 0 Å². The van der Waals surface area contributed by atoms with Crippen LogP contribution in [0.15, 0.2) is 91.0 Å². The van der Waals surface area contributed by atoms with Crippen LogP contribution >= 0.6 is 0 Å². The van der Waals surface area contributed by atoms with Gasteiger partial charge in [0.1, 0.15) is 11.5 Å². The molecule has 3 aromatic carbocycles. The van der Waals surface area contributed by atoms with Gasteiger partial charge in [0, 0.05) is 5.41 Å². The van der Waals surface area contributed by atoms with E-state index >= 15 is 0 Å². The van der Waals surface area contributed by atoms with E-state index in [1.165, 1.54) is 16.7 Å². The van der Waals surface area contributed by atoms with Crippen LogP contribution in [0.5, 0.6) is 11.5 Å². The Labute approximate surface area is 174 Å². The monoisotopic (exact) mass is 386 g/mol. The molecule has 0 radical (unpaired) electrons. The third-order valence-corrected chi connectivity index (χ3v) is 4.85. The fourth-order valence-corrected chi connectivity index (χ4v) is 3.25. The van der Waals surface area contributed by atoms with Gasteiger partial charge < -0.3 is 9.47 Å². The summed E-state index contributed by atoms with van der Waals surface area (Å²) in [5, 5.41) is 0. The maximum atomic E-state index is 6.07. The Kier molecular flexibility index (Phi) is 6.90.